The maximum Gasteiger partial charge on any atom is 0.159 e. The van der Waals surface area contributed by atoms with Crippen LogP contribution >= 0.6 is 0 Å². The quantitative estimate of drug-likeness (QED) is 0.183. The van der Waals surface area contributed by atoms with Gasteiger partial charge in [0, 0.05) is 27.6 Å². The number of allylic oxidation sites excluding steroid dienone is 4. The van der Waals surface area contributed by atoms with Crippen LogP contribution in [0.3, 0.4) is 0 Å². The van der Waals surface area contributed by atoms with Gasteiger partial charge in [0.15, 0.2) is 5.84 Å². The van der Waals surface area contributed by atoms with Crippen molar-refractivity contribution in [3.63, 3.8) is 0 Å². The number of aliphatic imine (C=N–C) groups is 2. The summed E-state index contributed by atoms with van der Waals surface area (Å²) in [4.78, 5) is 10.2. The van der Waals surface area contributed by atoms with E-state index in [1.165, 1.54) is 66.3 Å². The molecule has 1 atom stereocenters. The Hall–Kier alpha value is -7.04. The highest BCUT2D eigenvalue weighted by molar-refractivity contribution is 6.16. The van der Waals surface area contributed by atoms with Crippen molar-refractivity contribution in [1.29, 1.82) is 0 Å². The Morgan fingerprint density at radius 2 is 1.27 bits per heavy atom. The van der Waals surface area contributed by atoms with E-state index >= 15 is 0 Å². The van der Waals surface area contributed by atoms with Crippen molar-refractivity contribution in [1.82, 2.24) is 9.88 Å². The zero-order chi connectivity index (χ0) is 37.0. The molecule has 1 aliphatic heterocycles. The fourth-order valence-electron chi connectivity index (χ4n) is 8.81. The summed E-state index contributed by atoms with van der Waals surface area (Å²) in [5, 5.41) is 6.27. The van der Waals surface area contributed by atoms with Gasteiger partial charge >= 0.3 is 0 Å². The lowest BCUT2D eigenvalue weighted by atomic mass is 9.90. The Labute approximate surface area is 326 Å². The fraction of sp³-hybridized carbons (Fsp3) is 0.0769. The van der Waals surface area contributed by atoms with Gasteiger partial charge < -0.3 is 9.88 Å². The van der Waals surface area contributed by atoms with Gasteiger partial charge in [-0.25, -0.2) is 9.98 Å². The molecule has 0 saturated heterocycles. The summed E-state index contributed by atoms with van der Waals surface area (Å²) >= 11 is 0. The predicted octanol–water partition coefficient (Wildman–Crippen LogP) is 12.3. The number of aromatic nitrogens is 1. The molecule has 1 unspecified atom stereocenters. The van der Waals surface area contributed by atoms with Crippen LogP contribution < -0.4 is 5.32 Å². The van der Waals surface area contributed by atoms with Crippen LogP contribution in [0.5, 0.6) is 0 Å². The Bertz CT molecular complexity index is 2950. The van der Waals surface area contributed by atoms with Crippen LogP contribution in [0.1, 0.15) is 52.4 Å². The van der Waals surface area contributed by atoms with Crippen LogP contribution in [0.2, 0.25) is 0 Å². The van der Waals surface area contributed by atoms with Crippen LogP contribution in [0, 0.1) is 0 Å². The standard InChI is InChI=1S/C52H38N4/c1-5-15-34(16-6-1)41-31-46(35-17-7-2-8-18-35)49-43-23-13-14-24-47(43)56(48(49)32-41)42-28-27-39-29-38-25-26-40(30-44(38)45(39)33-42)52-54-50(36-19-9-3-10-20-36)53-51(55-52)37-21-11-4-12-22-37/h1-7,9-17,19-28,30-33,50H,8,18,29H2,(H,53,54,55). The SMILES string of the molecule is C1=CCCC(c2cc(-c3ccccc3)cc3c2c2ccccc2n3-c2ccc3c(c2)-c2cc(C4=NC(c5ccccc5)=NC(c5ccccc5)N4)ccc2C3)=C1. The highest BCUT2D eigenvalue weighted by atomic mass is 15.2. The van der Waals surface area contributed by atoms with Gasteiger partial charge in [0.05, 0.1) is 11.0 Å². The number of benzene rings is 7. The average molecular weight is 719 g/mol. The molecule has 0 saturated carbocycles. The molecule has 2 aliphatic carbocycles. The Morgan fingerprint density at radius 1 is 0.571 bits per heavy atom. The number of para-hydroxylation sites is 1. The average Bonchev–Trinajstić information content (AvgIpc) is 3.82. The van der Waals surface area contributed by atoms with Gasteiger partial charge in [-0.05, 0) is 106 Å². The third kappa shape index (κ3) is 5.53. The normalized spacial score (nSPS) is 15.9. The monoisotopic (exact) mass is 718 g/mol. The second-order valence-electron chi connectivity index (χ2n) is 14.9. The number of hydrogen-bond donors (Lipinski definition) is 1. The summed E-state index contributed by atoms with van der Waals surface area (Å²) in [5.41, 5.74) is 17.2. The van der Waals surface area contributed by atoms with Gasteiger partial charge in [-0.1, -0.05) is 146 Å². The van der Waals surface area contributed by atoms with Crippen molar-refractivity contribution in [3.05, 3.63) is 215 Å². The number of amidine groups is 2. The first kappa shape index (κ1) is 32.4. The second-order valence-corrected chi connectivity index (χ2v) is 14.9. The molecule has 4 heteroatoms. The van der Waals surface area contributed by atoms with Gasteiger partial charge in [-0.3, -0.25) is 0 Å². The molecule has 3 aliphatic rings. The van der Waals surface area contributed by atoms with Crippen molar-refractivity contribution in [3.8, 4) is 27.9 Å². The summed E-state index contributed by atoms with van der Waals surface area (Å²) < 4.78 is 2.49. The third-order valence-electron chi connectivity index (χ3n) is 11.5. The van der Waals surface area contributed by atoms with Gasteiger partial charge in [-0.2, -0.15) is 0 Å². The highest BCUT2D eigenvalue weighted by Crippen LogP contribution is 2.44. The molecule has 266 valence electrons. The fourth-order valence-corrected chi connectivity index (χ4v) is 8.81. The minimum Gasteiger partial charge on any atom is -0.344 e. The molecule has 8 aromatic rings. The van der Waals surface area contributed by atoms with E-state index < -0.39 is 0 Å². The Kier molecular flexibility index (Phi) is 7.73. The first-order valence-electron chi connectivity index (χ1n) is 19.5. The smallest absolute Gasteiger partial charge is 0.159 e. The maximum absolute atomic E-state index is 5.13. The van der Waals surface area contributed by atoms with E-state index in [2.05, 4.69) is 168 Å². The number of nitrogens with zero attached hydrogens (tertiary/aromatic N) is 3. The first-order valence-corrected chi connectivity index (χ1v) is 19.5. The summed E-state index contributed by atoms with van der Waals surface area (Å²) in [5.74, 6) is 1.56. The summed E-state index contributed by atoms with van der Waals surface area (Å²) in [6.45, 7) is 0. The molecule has 0 radical (unpaired) electrons. The lowest BCUT2D eigenvalue weighted by Crippen LogP contribution is -2.33. The lowest BCUT2D eigenvalue weighted by Gasteiger charge is -2.24. The molecule has 4 nitrogen and oxygen atoms in total. The number of nitrogens with one attached hydrogen (secondary N) is 1. The van der Waals surface area contributed by atoms with E-state index in [0.717, 1.165) is 53.3 Å². The van der Waals surface area contributed by atoms with E-state index in [4.69, 9.17) is 9.98 Å². The Morgan fingerprint density at radius 3 is 2.05 bits per heavy atom. The van der Waals surface area contributed by atoms with E-state index in [0.29, 0.717) is 0 Å². The van der Waals surface area contributed by atoms with Gasteiger partial charge in [0.25, 0.3) is 0 Å². The summed E-state index contributed by atoms with van der Waals surface area (Å²) in [7, 11) is 0. The topological polar surface area (TPSA) is 41.7 Å². The third-order valence-corrected chi connectivity index (χ3v) is 11.5. The lowest BCUT2D eigenvalue weighted by molar-refractivity contribution is 0.674. The molecule has 0 spiro atoms. The molecule has 11 rings (SSSR count). The molecular weight excluding hydrogens is 681 g/mol. The van der Waals surface area contributed by atoms with Gasteiger partial charge in [0.1, 0.15) is 12.0 Å². The van der Waals surface area contributed by atoms with Crippen LogP contribution in [0.25, 0.3) is 55.3 Å². The van der Waals surface area contributed by atoms with E-state index in [9.17, 15) is 0 Å². The summed E-state index contributed by atoms with van der Waals surface area (Å²) in [6.07, 6.45) is 9.56. The van der Waals surface area contributed by atoms with E-state index in [1.807, 2.05) is 24.3 Å². The maximum atomic E-state index is 5.13. The van der Waals surface area contributed by atoms with Crippen LogP contribution in [-0.2, 0) is 6.42 Å². The minimum atomic E-state index is -0.243. The second kappa shape index (κ2) is 13.4. The molecule has 1 aromatic heterocycles. The van der Waals surface area contributed by atoms with Crippen molar-refractivity contribution >= 4 is 39.1 Å². The van der Waals surface area contributed by atoms with Crippen molar-refractivity contribution in [2.45, 2.75) is 25.4 Å². The summed E-state index contributed by atoms with van der Waals surface area (Å²) in [6, 6.07) is 59.1. The van der Waals surface area contributed by atoms with Gasteiger partial charge in [-0.15, -0.1) is 0 Å². The first-order chi connectivity index (χ1) is 27.7. The molecule has 2 heterocycles. The van der Waals surface area contributed by atoms with Crippen LogP contribution in [-0.4, -0.2) is 16.2 Å². The molecule has 7 aromatic carbocycles. The van der Waals surface area contributed by atoms with E-state index in [1.54, 1.807) is 0 Å². The van der Waals surface area contributed by atoms with E-state index in [-0.39, 0.29) is 6.17 Å². The Balaban J connectivity index is 1.06. The molecule has 56 heavy (non-hydrogen) atoms. The largest absolute Gasteiger partial charge is 0.344 e. The molecule has 0 amide bonds. The zero-order valence-electron chi connectivity index (χ0n) is 30.9. The molecular formula is C52H38N4. The zero-order valence-corrected chi connectivity index (χ0v) is 30.9. The molecule has 0 bridgehead atoms. The van der Waals surface area contributed by atoms with Crippen molar-refractivity contribution < 1.29 is 0 Å². The predicted molar refractivity (Wildman–Crippen MR) is 233 cm³/mol. The highest BCUT2D eigenvalue weighted by Gasteiger charge is 2.26. The number of hydrogen-bond acceptors (Lipinski definition) is 3. The van der Waals surface area contributed by atoms with Crippen LogP contribution in [0.15, 0.2) is 192 Å². The van der Waals surface area contributed by atoms with Crippen LogP contribution in [0.4, 0.5) is 0 Å². The molecule has 0 fully saturated rings. The number of rotatable bonds is 6. The molecule has 1 N–H and O–H groups in total. The van der Waals surface area contributed by atoms with Crippen molar-refractivity contribution in [2.75, 3.05) is 0 Å². The number of fused-ring (bicyclic) bond motifs is 6. The van der Waals surface area contributed by atoms with Crippen molar-refractivity contribution in [2.24, 2.45) is 9.98 Å². The minimum absolute atomic E-state index is 0.243. The van der Waals surface area contributed by atoms with Gasteiger partial charge in [0.2, 0.25) is 0 Å².